The number of rotatable bonds is 5. The van der Waals surface area contributed by atoms with Crippen LogP contribution in [0.1, 0.15) is 0 Å². The van der Waals surface area contributed by atoms with Crippen molar-refractivity contribution in [3.63, 3.8) is 0 Å². The number of hydrogen-bond donors (Lipinski definition) is 2. The maximum Gasteiger partial charge on any atom is 0.175 e. The van der Waals surface area contributed by atoms with Crippen LogP contribution >= 0.6 is 35.4 Å². The van der Waals surface area contributed by atoms with Crippen molar-refractivity contribution >= 4 is 51.9 Å². The highest BCUT2D eigenvalue weighted by atomic mass is 35.5. The summed E-state index contributed by atoms with van der Waals surface area (Å²) < 4.78 is 15.6. The van der Waals surface area contributed by atoms with E-state index < -0.39 is 0 Å². The summed E-state index contributed by atoms with van der Waals surface area (Å²) in [4.78, 5) is 0. The van der Waals surface area contributed by atoms with E-state index in [4.69, 9.17) is 49.6 Å². The molecule has 128 valence electrons. The van der Waals surface area contributed by atoms with Crippen LogP contribution in [0.2, 0.25) is 10.0 Å². The molecule has 0 saturated heterocycles. The molecule has 0 amide bonds. The Labute approximate surface area is 155 Å². The lowest BCUT2D eigenvalue weighted by atomic mass is 10.2. The molecule has 2 aromatic rings. The summed E-state index contributed by atoms with van der Waals surface area (Å²) in [5.41, 5.74) is 1.33. The fourth-order valence-electron chi connectivity index (χ4n) is 1.99. The Bertz CT molecular complexity index is 756. The molecule has 0 aliphatic heterocycles. The molecule has 0 aromatic heterocycles. The first kappa shape index (κ1) is 18.4. The molecule has 0 unspecified atom stereocenters. The van der Waals surface area contributed by atoms with Gasteiger partial charge in [-0.2, -0.15) is 0 Å². The summed E-state index contributed by atoms with van der Waals surface area (Å²) in [6.45, 7) is 0. The zero-order valence-electron chi connectivity index (χ0n) is 13.3. The van der Waals surface area contributed by atoms with Gasteiger partial charge in [0.05, 0.1) is 37.1 Å². The minimum atomic E-state index is 0.357. The molecule has 2 aromatic carbocycles. The van der Waals surface area contributed by atoms with Crippen molar-refractivity contribution in [3.05, 3.63) is 40.4 Å². The lowest BCUT2D eigenvalue weighted by Gasteiger charge is -2.15. The van der Waals surface area contributed by atoms with Gasteiger partial charge in [-0.3, -0.25) is 0 Å². The lowest BCUT2D eigenvalue weighted by molar-refractivity contribution is 0.396. The molecule has 24 heavy (non-hydrogen) atoms. The third kappa shape index (κ3) is 4.35. The molecule has 5 nitrogen and oxygen atoms in total. The second kappa shape index (κ2) is 8.28. The number of hydrogen-bond acceptors (Lipinski definition) is 4. The van der Waals surface area contributed by atoms with Gasteiger partial charge in [-0.15, -0.1) is 0 Å². The normalized spacial score (nSPS) is 10.0. The minimum Gasteiger partial charge on any atom is -0.495 e. The van der Waals surface area contributed by atoms with Crippen LogP contribution in [-0.2, 0) is 0 Å². The van der Waals surface area contributed by atoms with E-state index in [2.05, 4.69) is 10.6 Å². The Morgan fingerprint density at radius 2 is 1.46 bits per heavy atom. The highest BCUT2D eigenvalue weighted by Gasteiger charge is 2.11. The molecule has 0 atom stereocenters. The number of nitrogens with one attached hydrogen (secondary N) is 2. The predicted octanol–water partition coefficient (Wildman–Crippen LogP) is 4.83. The molecule has 8 heteroatoms. The van der Waals surface area contributed by atoms with Gasteiger partial charge in [0.1, 0.15) is 17.2 Å². The van der Waals surface area contributed by atoms with E-state index in [9.17, 15) is 0 Å². The van der Waals surface area contributed by atoms with Crippen molar-refractivity contribution in [2.24, 2.45) is 0 Å². The number of benzene rings is 2. The number of halogens is 2. The molecule has 0 saturated carbocycles. The molecule has 0 bridgehead atoms. The van der Waals surface area contributed by atoms with Crippen molar-refractivity contribution in [1.29, 1.82) is 0 Å². The Hall–Kier alpha value is -1.89. The highest BCUT2D eigenvalue weighted by molar-refractivity contribution is 7.80. The summed E-state index contributed by atoms with van der Waals surface area (Å²) in [5, 5.41) is 7.34. The van der Waals surface area contributed by atoms with E-state index in [-0.39, 0.29) is 0 Å². The van der Waals surface area contributed by atoms with Gasteiger partial charge in [-0.1, -0.05) is 23.2 Å². The smallest absolute Gasteiger partial charge is 0.175 e. The molecule has 2 N–H and O–H groups in total. The Balaban J connectivity index is 2.15. The molecule has 0 spiro atoms. The second-order valence-corrected chi connectivity index (χ2v) is 5.84. The predicted molar refractivity (Wildman–Crippen MR) is 102 cm³/mol. The summed E-state index contributed by atoms with van der Waals surface area (Å²) >= 11 is 17.5. The van der Waals surface area contributed by atoms with E-state index in [0.717, 1.165) is 5.69 Å². The highest BCUT2D eigenvalue weighted by Crippen LogP contribution is 2.36. The number of thiocarbonyl (C=S) groups is 1. The van der Waals surface area contributed by atoms with Crippen LogP contribution in [0.5, 0.6) is 17.2 Å². The lowest BCUT2D eigenvalue weighted by Crippen LogP contribution is -2.19. The summed E-state index contributed by atoms with van der Waals surface area (Å²) in [5.74, 6) is 1.65. The van der Waals surface area contributed by atoms with E-state index in [1.54, 1.807) is 44.6 Å². The van der Waals surface area contributed by atoms with E-state index >= 15 is 0 Å². The van der Waals surface area contributed by atoms with Crippen LogP contribution in [-0.4, -0.2) is 26.4 Å². The van der Waals surface area contributed by atoms with E-state index in [1.165, 1.54) is 7.11 Å². The fraction of sp³-hybridized carbons (Fsp3) is 0.188. The molecule has 0 aliphatic rings. The molecular formula is C16H16Cl2N2O3S. The SMILES string of the molecule is COc1ccc(NC(=S)Nc2cc(Cl)c(OC)cc2OC)cc1Cl. The Morgan fingerprint density at radius 3 is 2.04 bits per heavy atom. The topological polar surface area (TPSA) is 51.8 Å². The number of ether oxygens (including phenoxy) is 3. The van der Waals surface area contributed by atoms with Crippen molar-refractivity contribution in [3.8, 4) is 17.2 Å². The quantitative estimate of drug-likeness (QED) is 0.717. The zero-order valence-corrected chi connectivity index (χ0v) is 15.6. The van der Waals surface area contributed by atoms with E-state index in [0.29, 0.717) is 38.1 Å². The molecule has 2 rings (SSSR count). The summed E-state index contributed by atoms with van der Waals surface area (Å²) in [6, 6.07) is 8.62. The van der Waals surface area contributed by atoms with Gasteiger partial charge in [-0.05, 0) is 36.5 Å². The van der Waals surface area contributed by atoms with Crippen LogP contribution in [0.4, 0.5) is 11.4 Å². The number of methoxy groups -OCH3 is 3. The largest absolute Gasteiger partial charge is 0.495 e. The average molecular weight is 387 g/mol. The van der Waals surface area contributed by atoms with Gasteiger partial charge in [0.25, 0.3) is 0 Å². The third-order valence-electron chi connectivity index (χ3n) is 3.13. The molecule has 0 fully saturated rings. The van der Waals surface area contributed by atoms with Gasteiger partial charge in [0, 0.05) is 11.8 Å². The van der Waals surface area contributed by atoms with Gasteiger partial charge in [-0.25, -0.2) is 0 Å². The van der Waals surface area contributed by atoms with Crippen LogP contribution < -0.4 is 24.8 Å². The first-order valence-electron chi connectivity index (χ1n) is 6.81. The molecule has 0 heterocycles. The van der Waals surface area contributed by atoms with Crippen LogP contribution in [0.15, 0.2) is 30.3 Å². The third-order valence-corrected chi connectivity index (χ3v) is 3.93. The van der Waals surface area contributed by atoms with Gasteiger partial charge in [0.15, 0.2) is 5.11 Å². The first-order valence-corrected chi connectivity index (χ1v) is 7.98. The second-order valence-electron chi connectivity index (χ2n) is 4.62. The maximum atomic E-state index is 6.14. The van der Waals surface area contributed by atoms with Crippen molar-refractivity contribution < 1.29 is 14.2 Å². The van der Waals surface area contributed by atoms with Gasteiger partial charge in [0.2, 0.25) is 0 Å². The van der Waals surface area contributed by atoms with Crippen molar-refractivity contribution in [2.45, 2.75) is 0 Å². The fourth-order valence-corrected chi connectivity index (χ4v) is 2.71. The van der Waals surface area contributed by atoms with Gasteiger partial charge < -0.3 is 24.8 Å². The molecular weight excluding hydrogens is 371 g/mol. The Morgan fingerprint density at radius 1 is 0.833 bits per heavy atom. The Kier molecular flexibility index (Phi) is 6.36. The minimum absolute atomic E-state index is 0.357. The van der Waals surface area contributed by atoms with Crippen LogP contribution in [0.25, 0.3) is 0 Å². The standard InChI is InChI=1S/C16H16Cl2N2O3S/c1-21-13-5-4-9(6-10(13)17)19-16(24)20-12-7-11(18)14(22-2)8-15(12)23-3/h4-8H,1-3H3,(H2,19,20,24). The average Bonchev–Trinajstić information content (AvgIpc) is 2.55. The first-order chi connectivity index (χ1) is 11.5. The van der Waals surface area contributed by atoms with E-state index in [1.807, 2.05) is 0 Å². The van der Waals surface area contributed by atoms with Crippen LogP contribution in [0.3, 0.4) is 0 Å². The summed E-state index contributed by atoms with van der Waals surface area (Å²) in [6.07, 6.45) is 0. The van der Waals surface area contributed by atoms with Crippen LogP contribution in [0, 0.1) is 0 Å². The summed E-state index contributed by atoms with van der Waals surface area (Å²) in [7, 11) is 4.64. The van der Waals surface area contributed by atoms with Crippen molar-refractivity contribution in [2.75, 3.05) is 32.0 Å². The monoisotopic (exact) mass is 386 g/mol. The molecule has 0 radical (unpaired) electrons. The maximum absolute atomic E-state index is 6.14. The molecule has 0 aliphatic carbocycles. The zero-order chi connectivity index (χ0) is 17.7. The van der Waals surface area contributed by atoms with Crippen molar-refractivity contribution in [1.82, 2.24) is 0 Å². The van der Waals surface area contributed by atoms with Gasteiger partial charge >= 0.3 is 0 Å². The number of anilines is 2.